The van der Waals surface area contributed by atoms with Gasteiger partial charge in [-0.2, -0.15) is 5.26 Å². The predicted octanol–water partition coefficient (Wildman–Crippen LogP) is 5.25. The average Bonchev–Trinajstić information content (AvgIpc) is 2.80. The number of nitrogens with zero attached hydrogens (tertiary/aromatic N) is 1. The number of ether oxygens (including phenoxy) is 2. The molecule has 0 radical (unpaired) electrons. The van der Waals surface area contributed by atoms with Crippen LogP contribution in [0.3, 0.4) is 0 Å². The van der Waals surface area contributed by atoms with E-state index in [1.54, 1.807) is 18.2 Å². The van der Waals surface area contributed by atoms with E-state index in [4.69, 9.17) is 14.7 Å². The molecule has 2 amide bonds. The van der Waals surface area contributed by atoms with Crippen molar-refractivity contribution in [3.05, 3.63) is 95.6 Å². The molecule has 0 aromatic heterocycles. The normalized spacial score (nSPS) is 9.90. The molecule has 7 heteroatoms. The molecule has 3 aromatic rings. The number of carbonyl (C=O) groups excluding carboxylic acids is 2. The highest BCUT2D eigenvalue weighted by atomic mass is 16.6. The fraction of sp³-hybridized carbons (Fsp3) is 0.125. The van der Waals surface area contributed by atoms with Crippen LogP contribution in [-0.4, -0.2) is 12.2 Å². The molecule has 0 atom stereocenters. The lowest BCUT2D eigenvalue weighted by Gasteiger charge is -2.14. The number of rotatable bonds is 7. The fourth-order valence-corrected chi connectivity index (χ4v) is 2.74. The Kier molecular flexibility index (Phi) is 7.61. The predicted molar refractivity (Wildman–Crippen MR) is 116 cm³/mol. The molecule has 0 bridgehead atoms. The van der Waals surface area contributed by atoms with Gasteiger partial charge in [-0.1, -0.05) is 66.7 Å². The Balaban J connectivity index is 1.64. The van der Waals surface area contributed by atoms with E-state index in [9.17, 15) is 9.59 Å². The maximum Gasteiger partial charge on any atom is 0.412 e. The molecule has 0 heterocycles. The van der Waals surface area contributed by atoms with Crippen molar-refractivity contribution in [1.29, 1.82) is 5.26 Å². The third-order valence-corrected chi connectivity index (χ3v) is 4.27. The van der Waals surface area contributed by atoms with Gasteiger partial charge in [-0.25, -0.2) is 9.59 Å². The van der Waals surface area contributed by atoms with E-state index in [-0.39, 0.29) is 19.6 Å². The Hall–Kier alpha value is -4.31. The highest BCUT2D eigenvalue weighted by molar-refractivity contribution is 5.95. The molecule has 0 saturated heterocycles. The second-order valence-corrected chi connectivity index (χ2v) is 6.59. The maximum absolute atomic E-state index is 12.3. The van der Waals surface area contributed by atoms with Gasteiger partial charge >= 0.3 is 12.2 Å². The van der Waals surface area contributed by atoms with Crippen molar-refractivity contribution in [2.24, 2.45) is 0 Å². The standard InChI is InChI=1S/C24H21N3O4/c25-14-13-18-11-12-21(26-23(28)30-16-19-7-3-1-4-8-19)22(15-18)27-24(29)31-17-20-9-5-2-6-10-20/h1-12,15H,13,16-17H2,(H,26,28)(H,27,29). The molecule has 0 fully saturated rings. The maximum atomic E-state index is 12.3. The molecule has 0 spiro atoms. The summed E-state index contributed by atoms with van der Waals surface area (Å²) in [5.41, 5.74) is 3.02. The molecule has 31 heavy (non-hydrogen) atoms. The van der Waals surface area contributed by atoms with Crippen LogP contribution < -0.4 is 10.6 Å². The Morgan fingerprint density at radius 3 is 1.74 bits per heavy atom. The van der Waals surface area contributed by atoms with E-state index in [1.165, 1.54) is 0 Å². The molecule has 3 aromatic carbocycles. The Morgan fingerprint density at radius 2 is 1.23 bits per heavy atom. The van der Waals surface area contributed by atoms with Gasteiger partial charge in [0.1, 0.15) is 13.2 Å². The first-order valence-corrected chi connectivity index (χ1v) is 9.59. The second-order valence-electron chi connectivity index (χ2n) is 6.59. The quantitative estimate of drug-likeness (QED) is 0.549. The molecule has 156 valence electrons. The van der Waals surface area contributed by atoms with Gasteiger partial charge in [-0.05, 0) is 28.8 Å². The van der Waals surface area contributed by atoms with Crippen molar-refractivity contribution in [3.8, 4) is 6.07 Å². The molecule has 7 nitrogen and oxygen atoms in total. The first-order valence-electron chi connectivity index (χ1n) is 9.59. The van der Waals surface area contributed by atoms with E-state index in [0.29, 0.717) is 16.9 Å². The summed E-state index contributed by atoms with van der Waals surface area (Å²) >= 11 is 0. The van der Waals surface area contributed by atoms with Gasteiger partial charge in [-0.15, -0.1) is 0 Å². The Labute approximate surface area is 180 Å². The average molecular weight is 415 g/mol. The molecule has 0 saturated carbocycles. The van der Waals surface area contributed by atoms with E-state index >= 15 is 0 Å². The van der Waals surface area contributed by atoms with Crippen LogP contribution in [0.5, 0.6) is 0 Å². The van der Waals surface area contributed by atoms with Gasteiger partial charge in [-0.3, -0.25) is 10.6 Å². The van der Waals surface area contributed by atoms with Crippen molar-refractivity contribution >= 4 is 23.6 Å². The van der Waals surface area contributed by atoms with Crippen LogP contribution in [0, 0.1) is 11.3 Å². The largest absolute Gasteiger partial charge is 0.444 e. The molecule has 2 N–H and O–H groups in total. The number of hydrogen-bond acceptors (Lipinski definition) is 5. The zero-order valence-electron chi connectivity index (χ0n) is 16.7. The highest BCUT2D eigenvalue weighted by Gasteiger charge is 2.13. The number of benzene rings is 3. The van der Waals surface area contributed by atoms with Crippen LogP contribution in [0.4, 0.5) is 21.0 Å². The van der Waals surface area contributed by atoms with Crippen LogP contribution in [0.1, 0.15) is 16.7 Å². The van der Waals surface area contributed by atoms with Crippen molar-refractivity contribution < 1.29 is 19.1 Å². The summed E-state index contributed by atoms with van der Waals surface area (Å²) in [6.45, 7) is 0.216. The van der Waals surface area contributed by atoms with Gasteiger partial charge in [0, 0.05) is 0 Å². The Morgan fingerprint density at radius 1 is 0.710 bits per heavy atom. The third kappa shape index (κ3) is 6.91. The molecule has 0 aliphatic rings. The molecular formula is C24H21N3O4. The first kappa shape index (κ1) is 21.4. The van der Waals surface area contributed by atoms with E-state index in [1.807, 2.05) is 60.7 Å². The topological polar surface area (TPSA) is 100 Å². The summed E-state index contributed by atoms with van der Waals surface area (Å²) in [6, 6.07) is 25.5. The molecule has 0 aliphatic carbocycles. The minimum Gasteiger partial charge on any atom is -0.444 e. The molecule has 0 unspecified atom stereocenters. The summed E-state index contributed by atoms with van der Waals surface area (Å²) in [5, 5.41) is 14.2. The second kappa shape index (κ2) is 11.0. The first-order chi connectivity index (χ1) is 15.1. The Bertz CT molecular complexity index is 1060. The number of nitriles is 1. The molecular weight excluding hydrogens is 394 g/mol. The van der Waals surface area contributed by atoms with Crippen LogP contribution in [-0.2, 0) is 29.1 Å². The summed E-state index contributed by atoms with van der Waals surface area (Å²) in [6.07, 6.45) is -1.19. The minimum atomic E-state index is -0.682. The van der Waals surface area contributed by atoms with Crippen molar-refractivity contribution in [3.63, 3.8) is 0 Å². The van der Waals surface area contributed by atoms with Gasteiger partial charge in [0.2, 0.25) is 0 Å². The number of carbonyl (C=O) groups is 2. The van der Waals surface area contributed by atoms with Gasteiger partial charge in [0.25, 0.3) is 0 Å². The van der Waals surface area contributed by atoms with E-state index in [0.717, 1.165) is 11.1 Å². The van der Waals surface area contributed by atoms with Crippen LogP contribution in [0.2, 0.25) is 0 Å². The zero-order chi connectivity index (χ0) is 21.9. The van der Waals surface area contributed by atoms with E-state index < -0.39 is 12.2 Å². The fourth-order valence-electron chi connectivity index (χ4n) is 2.74. The smallest absolute Gasteiger partial charge is 0.412 e. The molecule has 3 rings (SSSR count). The lowest BCUT2D eigenvalue weighted by molar-refractivity contribution is 0.154. The van der Waals surface area contributed by atoms with Crippen LogP contribution in [0.25, 0.3) is 0 Å². The third-order valence-electron chi connectivity index (χ3n) is 4.27. The molecule has 0 aliphatic heterocycles. The van der Waals surface area contributed by atoms with Crippen LogP contribution >= 0.6 is 0 Å². The van der Waals surface area contributed by atoms with Gasteiger partial charge in [0.15, 0.2) is 0 Å². The number of amides is 2. The summed E-state index contributed by atoms with van der Waals surface area (Å²) in [5.74, 6) is 0. The number of nitrogens with one attached hydrogen (secondary N) is 2. The summed E-state index contributed by atoms with van der Waals surface area (Å²) < 4.78 is 10.5. The van der Waals surface area contributed by atoms with Crippen molar-refractivity contribution in [2.45, 2.75) is 19.6 Å². The number of anilines is 2. The lowest BCUT2D eigenvalue weighted by atomic mass is 10.1. The van der Waals surface area contributed by atoms with Crippen LogP contribution in [0.15, 0.2) is 78.9 Å². The van der Waals surface area contributed by atoms with Gasteiger partial charge < -0.3 is 9.47 Å². The van der Waals surface area contributed by atoms with E-state index in [2.05, 4.69) is 16.7 Å². The summed E-state index contributed by atoms with van der Waals surface area (Å²) in [4.78, 5) is 24.5. The number of hydrogen-bond donors (Lipinski definition) is 2. The zero-order valence-corrected chi connectivity index (χ0v) is 16.7. The minimum absolute atomic E-state index is 0.104. The van der Waals surface area contributed by atoms with Crippen molar-refractivity contribution in [2.75, 3.05) is 10.6 Å². The van der Waals surface area contributed by atoms with Crippen molar-refractivity contribution in [1.82, 2.24) is 0 Å². The monoisotopic (exact) mass is 415 g/mol. The van der Waals surface area contributed by atoms with Gasteiger partial charge in [0.05, 0.1) is 23.9 Å². The lowest BCUT2D eigenvalue weighted by Crippen LogP contribution is -2.18. The highest BCUT2D eigenvalue weighted by Crippen LogP contribution is 2.24. The summed E-state index contributed by atoms with van der Waals surface area (Å²) in [7, 11) is 0. The SMILES string of the molecule is N#CCc1ccc(NC(=O)OCc2ccccc2)c(NC(=O)OCc2ccccc2)c1.